The van der Waals surface area contributed by atoms with Crippen LogP contribution in [0, 0.1) is 0 Å². The van der Waals surface area contributed by atoms with Gasteiger partial charge >= 0.3 is 0 Å². The van der Waals surface area contributed by atoms with Crippen molar-refractivity contribution in [1.82, 2.24) is 5.32 Å². The maximum atomic E-state index is 6.13. The van der Waals surface area contributed by atoms with E-state index in [1.165, 1.54) is 5.56 Å². The van der Waals surface area contributed by atoms with Crippen LogP contribution in [-0.4, -0.2) is 25.8 Å². The quantitative estimate of drug-likeness (QED) is 0.777. The number of rotatable bonds is 3. The summed E-state index contributed by atoms with van der Waals surface area (Å²) in [4.78, 5) is 0. The largest absolute Gasteiger partial charge is 0.379 e. The summed E-state index contributed by atoms with van der Waals surface area (Å²) in [6.45, 7) is 2.53. The monoisotopic (exact) mass is 206 g/mol. The molecule has 3 N–H and O–H groups in total. The Morgan fingerprint density at radius 1 is 1.40 bits per heavy atom. The van der Waals surface area contributed by atoms with E-state index >= 15 is 0 Å². The zero-order chi connectivity index (χ0) is 10.5. The molecule has 3 nitrogen and oxygen atoms in total. The van der Waals surface area contributed by atoms with Crippen LogP contribution in [0.15, 0.2) is 30.3 Å². The van der Waals surface area contributed by atoms with Crippen LogP contribution in [-0.2, 0) is 4.74 Å². The smallest absolute Gasteiger partial charge is 0.0620 e. The second kappa shape index (κ2) is 5.26. The van der Waals surface area contributed by atoms with Gasteiger partial charge in [0.15, 0.2) is 0 Å². The van der Waals surface area contributed by atoms with Crippen molar-refractivity contribution < 1.29 is 4.74 Å². The third kappa shape index (κ3) is 3.02. The number of nitrogens with one attached hydrogen (secondary N) is 1. The fourth-order valence-electron chi connectivity index (χ4n) is 1.91. The molecular formula is C12H18N2O. The van der Waals surface area contributed by atoms with Gasteiger partial charge in [-0.25, -0.2) is 0 Å². The van der Waals surface area contributed by atoms with Crippen LogP contribution in [0.2, 0.25) is 0 Å². The highest BCUT2D eigenvalue weighted by molar-refractivity contribution is 5.18. The molecule has 2 atom stereocenters. The Kier molecular flexibility index (Phi) is 3.72. The Labute approximate surface area is 90.6 Å². The van der Waals surface area contributed by atoms with E-state index in [0.29, 0.717) is 6.04 Å². The molecule has 1 aromatic carbocycles. The van der Waals surface area contributed by atoms with Gasteiger partial charge in [-0.1, -0.05) is 30.3 Å². The number of ether oxygens (including phenoxy) is 1. The van der Waals surface area contributed by atoms with E-state index < -0.39 is 0 Å². The van der Waals surface area contributed by atoms with Gasteiger partial charge in [0.2, 0.25) is 0 Å². The van der Waals surface area contributed by atoms with E-state index in [1.54, 1.807) is 0 Å². The number of hydrogen-bond donors (Lipinski definition) is 2. The van der Waals surface area contributed by atoms with Gasteiger partial charge in [0.05, 0.1) is 13.2 Å². The van der Waals surface area contributed by atoms with E-state index in [0.717, 1.165) is 26.2 Å². The maximum Gasteiger partial charge on any atom is 0.0620 e. The minimum atomic E-state index is 0.102. The normalized spacial score (nSPS) is 23.7. The SMILES string of the molecule is NC(CC1COCCN1)c1ccccc1. The topological polar surface area (TPSA) is 47.3 Å². The molecule has 0 amide bonds. The lowest BCUT2D eigenvalue weighted by Gasteiger charge is -2.26. The number of hydrogen-bond acceptors (Lipinski definition) is 3. The first kappa shape index (κ1) is 10.6. The average molecular weight is 206 g/mol. The Balaban J connectivity index is 1.88. The average Bonchev–Trinajstić information content (AvgIpc) is 2.31. The third-order valence-electron chi connectivity index (χ3n) is 2.76. The zero-order valence-electron chi connectivity index (χ0n) is 8.86. The Hall–Kier alpha value is -0.900. The van der Waals surface area contributed by atoms with Gasteiger partial charge < -0.3 is 15.8 Å². The molecule has 1 aliphatic rings. The van der Waals surface area contributed by atoms with Crippen LogP contribution in [0.3, 0.4) is 0 Å². The van der Waals surface area contributed by atoms with Crippen LogP contribution in [0.5, 0.6) is 0 Å². The van der Waals surface area contributed by atoms with Crippen molar-refractivity contribution in [2.24, 2.45) is 5.73 Å². The van der Waals surface area contributed by atoms with E-state index in [4.69, 9.17) is 10.5 Å². The van der Waals surface area contributed by atoms with Crippen LogP contribution < -0.4 is 11.1 Å². The highest BCUT2D eigenvalue weighted by atomic mass is 16.5. The standard InChI is InChI=1S/C12H18N2O/c13-12(10-4-2-1-3-5-10)8-11-9-15-7-6-14-11/h1-5,11-12,14H,6-9,13H2. The van der Waals surface area contributed by atoms with E-state index in [1.807, 2.05) is 18.2 Å². The van der Waals surface area contributed by atoms with Crippen molar-refractivity contribution in [2.45, 2.75) is 18.5 Å². The summed E-state index contributed by atoms with van der Waals surface area (Å²) in [6.07, 6.45) is 0.935. The molecule has 3 heteroatoms. The minimum Gasteiger partial charge on any atom is -0.379 e. The van der Waals surface area contributed by atoms with Crippen molar-refractivity contribution in [2.75, 3.05) is 19.8 Å². The van der Waals surface area contributed by atoms with Gasteiger partial charge in [-0.05, 0) is 12.0 Å². The first-order valence-corrected chi connectivity index (χ1v) is 5.48. The zero-order valence-corrected chi connectivity index (χ0v) is 8.86. The lowest BCUT2D eigenvalue weighted by Crippen LogP contribution is -2.42. The molecule has 0 aliphatic carbocycles. The Morgan fingerprint density at radius 3 is 2.87 bits per heavy atom. The Bertz CT molecular complexity index is 283. The fraction of sp³-hybridized carbons (Fsp3) is 0.500. The molecule has 0 saturated carbocycles. The molecule has 1 fully saturated rings. The molecule has 0 spiro atoms. The maximum absolute atomic E-state index is 6.13. The number of nitrogens with two attached hydrogens (primary N) is 1. The second-order valence-electron chi connectivity index (χ2n) is 3.98. The molecule has 2 unspecified atom stereocenters. The highest BCUT2D eigenvalue weighted by Crippen LogP contribution is 2.16. The van der Waals surface area contributed by atoms with E-state index in [-0.39, 0.29) is 6.04 Å². The molecule has 1 saturated heterocycles. The third-order valence-corrected chi connectivity index (χ3v) is 2.76. The van der Waals surface area contributed by atoms with Crippen molar-refractivity contribution >= 4 is 0 Å². The lowest BCUT2D eigenvalue weighted by molar-refractivity contribution is 0.0720. The van der Waals surface area contributed by atoms with Crippen LogP contribution >= 0.6 is 0 Å². The van der Waals surface area contributed by atoms with E-state index in [9.17, 15) is 0 Å². The summed E-state index contributed by atoms with van der Waals surface area (Å²) < 4.78 is 5.40. The summed E-state index contributed by atoms with van der Waals surface area (Å²) in [5.74, 6) is 0. The fourth-order valence-corrected chi connectivity index (χ4v) is 1.91. The van der Waals surface area contributed by atoms with Crippen molar-refractivity contribution in [1.29, 1.82) is 0 Å². The summed E-state index contributed by atoms with van der Waals surface area (Å²) in [5.41, 5.74) is 7.33. The molecule has 1 heterocycles. The van der Waals surface area contributed by atoms with Crippen molar-refractivity contribution in [3.8, 4) is 0 Å². The second-order valence-corrected chi connectivity index (χ2v) is 3.98. The van der Waals surface area contributed by atoms with Crippen LogP contribution in [0.4, 0.5) is 0 Å². The predicted octanol–water partition coefficient (Wildman–Crippen LogP) is 1.06. The van der Waals surface area contributed by atoms with Crippen molar-refractivity contribution in [3.05, 3.63) is 35.9 Å². The summed E-state index contributed by atoms with van der Waals surface area (Å²) in [5, 5.41) is 3.41. The highest BCUT2D eigenvalue weighted by Gasteiger charge is 2.17. The molecular weight excluding hydrogens is 188 g/mol. The molecule has 0 aromatic heterocycles. The molecule has 2 rings (SSSR count). The predicted molar refractivity (Wildman–Crippen MR) is 60.6 cm³/mol. The van der Waals surface area contributed by atoms with Crippen molar-refractivity contribution in [3.63, 3.8) is 0 Å². The van der Waals surface area contributed by atoms with Gasteiger partial charge in [0, 0.05) is 18.6 Å². The van der Waals surface area contributed by atoms with Gasteiger partial charge in [-0.15, -0.1) is 0 Å². The summed E-state index contributed by atoms with van der Waals surface area (Å²) >= 11 is 0. The van der Waals surface area contributed by atoms with Gasteiger partial charge in [0.25, 0.3) is 0 Å². The molecule has 0 bridgehead atoms. The van der Waals surface area contributed by atoms with E-state index in [2.05, 4.69) is 17.4 Å². The molecule has 1 aromatic rings. The first-order chi connectivity index (χ1) is 7.36. The lowest BCUT2D eigenvalue weighted by atomic mass is 10.0. The molecule has 0 radical (unpaired) electrons. The van der Waals surface area contributed by atoms with Crippen LogP contribution in [0.25, 0.3) is 0 Å². The summed E-state index contributed by atoms with van der Waals surface area (Å²) in [6, 6.07) is 10.7. The Morgan fingerprint density at radius 2 is 2.20 bits per heavy atom. The number of morpholine rings is 1. The minimum absolute atomic E-state index is 0.102. The van der Waals surface area contributed by atoms with Crippen LogP contribution in [0.1, 0.15) is 18.0 Å². The van der Waals surface area contributed by atoms with Gasteiger partial charge in [-0.2, -0.15) is 0 Å². The molecule has 1 aliphatic heterocycles. The number of benzene rings is 1. The van der Waals surface area contributed by atoms with Gasteiger partial charge in [0.1, 0.15) is 0 Å². The molecule has 82 valence electrons. The molecule has 15 heavy (non-hydrogen) atoms. The first-order valence-electron chi connectivity index (χ1n) is 5.48. The summed E-state index contributed by atoms with van der Waals surface area (Å²) in [7, 11) is 0. The van der Waals surface area contributed by atoms with Gasteiger partial charge in [-0.3, -0.25) is 0 Å².